The normalized spacial score (nSPS) is 13.1. The van der Waals surface area contributed by atoms with Crippen LogP contribution >= 0.6 is 11.8 Å². The molecule has 0 saturated carbocycles. The van der Waals surface area contributed by atoms with Gasteiger partial charge in [-0.15, -0.1) is 10.2 Å². The number of carbonyl (C=O) groups is 1. The van der Waals surface area contributed by atoms with Crippen molar-refractivity contribution in [2.24, 2.45) is 7.05 Å². The molecule has 2 aromatic rings. The molecule has 2 heterocycles. The summed E-state index contributed by atoms with van der Waals surface area (Å²) in [6.45, 7) is 3.42. The summed E-state index contributed by atoms with van der Waals surface area (Å²) in [4.78, 5) is 12.2. The second kappa shape index (κ2) is 6.60. The lowest BCUT2D eigenvalue weighted by Gasteiger charge is -2.13. The number of hydrogen-bond donors (Lipinski definition) is 1. The van der Waals surface area contributed by atoms with Gasteiger partial charge in [0.2, 0.25) is 11.7 Å². The molecule has 0 aliphatic heterocycles. The van der Waals surface area contributed by atoms with Gasteiger partial charge in [-0.25, -0.2) is 0 Å². The minimum atomic E-state index is -4.59. The summed E-state index contributed by atoms with van der Waals surface area (Å²) in [5, 5.41) is 12.2. The van der Waals surface area contributed by atoms with Crippen LogP contribution < -0.4 is 5.32 Å². The van der Waals surface area contributed by atoms with Crippen LogP contribution in [0.4, 0.5) is 19.0 Å². The Morgan fingerprint density at radius 1 is 1.48 bits per heavy atom. The Bertz CT molecular complexity index is 697. The first kappa shape index (κ1) is 17.3. The highest BCUT2D eigenvalue weighted by molar-refractivity contribution is 8.00. The topological polar surface area (TPSA) is 85.8 Å². The van der Waals surface area contributed by atoms with E-state index in [1.807, 2.05) is 0 Å². The first-order valence-electron chi connectivity index (χ1n) is 6.59. The zero-order valence-corrected chi connectivity index (χ0v) is 13.3. The molecule has 0 spiro atoms. The van der Waals surface area contributed by atoms with Crippen molar-refractivity contribution in [1.82, 2.24) is 19.9 Å². The maximum atomic E-state index is 12.7. The molecule has 0 bridgehead atoms. The number of aryl methyl sites for hydroxylation is 1. The maximum Gasteiger partial charge on any atom is 0.451 e. The molecule has 23 heavy (non-hydrogen) atoms. The molecule has 0 unspecified atom stereocenters. The highest BCUT2D eigenvalue weighted by Crippen LogP contribution is 2.31. The lowest BCUT2D eigenvalue weighted by atomic mass is 10.3. The zero-order valence-electron chi connectivity index (χ0n) is 12.5. The zero-order chi connectivity index (χ0) is 17.2. The average Bonchev–Trinajstić information content (AvgIpc) is 3.01. The minimum Gasteiger partial charge on any atom is -0.360 e. The van der Waals surface area contributed by atoms with Crippen LogP contribution in [0.2, 0.25) is 0 Å². The Balaban J connectivity index is 2.10. The summed E-state index contributed by atoms with van der Waals surface area (Å²) in [7, 11) is 1.21. The molecule has 126 valence electrons. The number of halogens is 3. The third-order valence-corrected chi connectivity index (χ3v) is 4.28. The Labute approximate surface area is 133 Å². The first-order valence-corrected chi connectivity index (χ1v) is 7.47. The second-order valence-electron chi connectivity index (χ2n) is 4.69. The van der Waals surface area contributed by atoms with Gasteiger partial charge in [-0.2, -0.15) is 13.2 Å². The van der Waals surface area contributed by atoms with E-state index in [0.717, 1.165) is 16.3 Å². The Kier molecular flexibility index (Phi) is 4.97. The van der Waals surface area contributed by atoms with E-state index in [9.17, 15) is 18.0 Å². The molecule has 0 saturated heterocycles. The Hall–Kier alpha value is -2.04. The minimum absolute atomic E-state index is 0.00987. The molecular weight excluding hydrogens is 335 g/mol. The second-order valence-corrected chi connectivity index (χ2v) is 5.86. The largest absolute Gasteiger partial charge is 0.451 e. The van der Waals surface area contributed by atoms with E-state index in [1.54, 1.807) is 19.9 Å². The van der Waals surface area contributed by atoms with E-state index in [4.69, 9.17) is 4.52 Å². The quantitative estimate of drug-likeness (QED) is 0.835. The third-order valence-electron chi connectivity index (χ3n) is 2.88. The van der Waals surface area contributed by atoms with Crippen molar-refractivity contribution in [3.05, 3.63) is 17.7 Å². The van der Waals surface area contributed by atoms with Crippen LogP contribution in [0, 0.1) is 6.92 Å². The van der Waals surface area contributed by atoms with Gasteiger partial charge < -0.3 is 14.4 Å². The number of anilines is 1. The maximum absolute atomic E-state index is 12.7. The molecular formula is C12H14F3N5O2S. The molecule has 0 fully saturated rings. The number of nitrogens with one attached hydrogen (secondary N) is 1. The molecule has 1 N–H and O–H groups in total. The standard InChI is InChI=1S/C12H14F3N5O2S/c1-4-7(9(21)16-8-5-6(2)22-19-8)23-11-18-17-10(20(11)3)12(13,14)15/h5,7H,4H2,1-3H3,(H,16,19,21)/t7-/m0/s1. The smallest absolute Gasteiger partial charge is 0.360 e. The van der Waals surface area contributed by atoms with E-state index in [-0.39, 0.29) is 11.0 Å². The van der Waals surface area contributed by atoms with Crippen molar-refractivity contribution in [2.75, 3.05) is 5.32 Å². The molecule has 0 aliphatic rings. The van der Waals surface area contributed by atoms with Gasteiger partial charge >= 0.3 is 6.18 Å². The molecule has 2 aromatic heterocycles. The van der Waals surface area contributed by atoms with E-state index in [0.29, 0.717) is 12.2 Å². The van der Waals surface area contributed by atoms with Crippen LogP contribution in [0.3, 0.4) is 0 Å². The molecule has 0 radical (unpaired) electrons. The molecule has 0 aromatic carbocycles. The number of hydrogen-bond acceptors (Lipinski definition) is 6. The number of thioether (sulfide) groups is 1. The lowest BCUT2D eigenvalue weighted by molar-refractivity contribution is -0.147. The van der Waals surface area contributed by atoms with Crippen LogP contribution in [0.15, 0.2) is 15.7 Å². The van der Waals surface area contributed by atoms with Crippen molar-refractivity contribution in [3.8, 4) is 0 Å². The van der Waals surface area contributed by atoms with Gasteiger partial charge in [0.1, 0.15) is 5.76 Å². The van der Waals surface area contributed by atoms with Crippen molar-refractivity contribution in [3.63, 3.8) is 0 Å². The summed E-state index contributed by atoms with van der Waals surface area (Å²) in [5.41, 5.74) is 0. The van der Waals surface area contributed by atoms with E-state index >= 15 is 0 Å². The molecule has 1 amide bonds. The van der Waals surface area contributed by atoms with Crippen molar-refractivity contribution >= 4 is 23.5 Å². The summed E-state index contributed by atoms with van der Waals surface area (Å²) in [5.74, 6) is -0.727. The molecule has 1 atom stereocenters. The number of nitrogens with zero attached hydrogens (tertiary/aromatic N) is 4. The predicted molar refractivity (Wildman–Crippen MR) is 75.8 cm³/mol. The fourth-order valence-electron chi connectivity index (χ4n) is 1.75. The van der Waals surface area contributed by atoms with Gasteiger partial charge in [0, 0.05) is 13.1 Å². The molecule has 2 rings (SSSR count). The van der Waals surface area contributed by atoms with Gasteiger partial charge in [0.05, 0.1) is 5.25 Å². The summed E-state index contributed by atoms with van der Waals surface area (Å²) in [6, 6.07) is 1.54. The average molecular weight is 349 g/mol. The summed E-state index contributed by atoms with van der Waals surface area (Å²) in [6.07, 6.45) is -4.20. The predicted octanol–water partition coefficient (Wildman–Crippen LogP) is 2.64. The lowest BCUT2D eigenvalue weighted by Crippen LogP contribution is -2.25. The molecule has 0 aliphatic carbocycles. The van der Waals surface area contributed by atoms with Gasteiger partial charge in [-0.3, -0.25) is 4.79 Å². The monoisotopic (exact) mass is 349 g/mol. The number of aromatic nitrogens is 4. The van der Waals surface area contributed by atoms with E-state index in [2.05, 4.69) is 20.7 Å². The molecule has 7 nitrogen and oxygen atoms in total. The van der Waals surface area contributed by atoms with Gasteiger partial charge in [0.15, 0.2) is 11.0 Å². The van der Waals surface area contributed by atoms with Crippen LogP contribution in [-0.4, -0.2) is 31.1 Å². The Morgan fingerprint density at radius 3 is 2.65 bits per heavy atom. The van der Waals surface area contributed by atoms with Crippen molar-refractivity contribution in [2.45, 2.75) is 36.9 Å². The number of carbonyl (C=O) groups excluding carboxylic acids is 1. The Morgan fingerprint density at radius 2 is 2.17 bits per heavy atom. The van der Waals surface area contributed by atoms with E-state index < -0.39 is 23.2 Å². The highest BCUT2D eigenvalue weighted by Gasteiger charge is 2.38. The van der Waals surface area contributed by atoms with Crippen molar-refractivity contribution in [1.29, 1.82) is 0 Å². The number of amides is 1. The van der Waals surface area contributed by atoms with Crippen LogP contribution in [0.5, 0.6) is 0 Å². The number of rotatable bonds is 5. The first-order chi connectivity index (χ1) is 10.7. The summed E-state index contributed by atoms with van der Waals surface area (Å²) >= 11 is 0.905. The number of alkyl halides is 3. The van der Waals surface area contributed by atoms with Gasteiger partial charge in [0.25, 0.3) is 0 Å². The van der Waals surface area contributed by atoms with Crippen LogP contribution in [0.25, 0.3) is 0 Å². The van der Waals surface area contributed by atoms with Crippen LogP contribution in [-0.2, 0) is 18.0 Å². The molecule has 11 heteroatoms. The highest BCUT2D eigenvalue weighted by atomic mass is 32.2. The SMILES string of the molecule is CC[C@H](Sc1nnc(C(F)(F)F)n1C)C(=O)Nc1cc(C)on1. The van der Waals surface area contributed by atoms with Crippen molar-refractivity contribution < 1.29 is 22.5 Å². The fraction of sp³-hybridized carbons (Fsp3) is 0.500. The van der Waals surface area contributed by atoms with Gasteiger partial charge in [-0.05, 0) is 13.3 Å². The fourth-order valence-corrected chi connectivity index (χ4v) is 2.67. The van der Waals surface area contributed by atoms with Crippen LogP contribution in [0.1, 0.15) is 24.9 Å². The third kappa shape index (κ3) is 4.03. The van der Waals surface area contributed by atoms with E-state index in [1.165, 1.54) is 7.05 Å². The summed E-state index contributed by atoms with van der Waals surface area (Å²) < 4.78 is 43.8. The van der Waals surface area contributed by atoms with Gasteiger partial charge in [-0.1, -0.05) is 23.8 Å².